The van der Waals surface area contributed by atoms with Gasteiger partial charge in [-0.15, -0.1) is 0 Å². The zero-order valence-electron chi connectivity index (χ0n) is 15.8. The molecule has 0 bridgehead atoms. The molecule has 1 aliphatic heterocycles. The summed E-state index contributed by atoms with van der Waals surface area (Å²) in [7, 11) is 0. The fourth-order valence-electron chi connectivity index (χ4n) is 3.29. The molecule has 4 nitrogen and oxygen atoms in total. The molecule has 6 heteroatoms. The lowest BCUT2D eigenvalue weighted by molar-refractivity contribution is 0.142. The predicted molar refractivity (Wildman–Crippen MR) is 118 cm³/mol. The van der Waals surface area contributed by atoms with Gasteiger partial charge < -0.3 is 10.2 Å². The zero-order chi connectivity index (χ0) is 20.1. The molecular formula is C23H21Cl2N3O. The third-order valence-corrected chi connectivity index (χ3v) is 5.47. The average Bonchev–Trinajstić information content (AvgIpc) is 3.13. The molecule has 0 fully saturated rings. The van der Waals surface area contributed by atoms with Crippen LogP contribution in [0.2, 0.25) is 10.0 Å². The number of pyridine rings is 1. The molecule has 0 unspecified atom stereocenters. The maximum Gasteiger partial charge on any atom is 0.0761 e. The van der Waals surface area contributed by atoms with Crippen molar-refractivity contribution in [1.82, 2.24) is 10.4 Å². The predicted octanol–water partition coefficient (Wildman–Crippen LogP) is 5.43. The van der Waals surface area contributed by atoms with Crippen LogP contribution in [0.1, 0.15) is 11.1 Å². The first-order valence-electron chi connectivity index (χ1n) is 9.40. The van der Waals surface area contributed by atoms with Crippen molar-refractivity contribution in [2.24, 2.45) is 0 Å². The van der Waals surface area contributed by atoms with Crippen molar-refractivity contribution in [3.8, 4) is 0 Å². The molecule has 2 aromatic carbocycles. The molecule has 4 rings (SSSR count). The van der Waals surface area contributed by atoms with Crippen molar-refractivity contribution in [2.45, 2.75) is 13.0 Å². The lowest BCUT2D eigenvalue weighted by Gasteiger charge is -2.21. The first-order chi connectivity index (χ1) is 14.2. The van der Waals surface area contributed by atoms with Gasteiger partial charge in [-0.25, -0.2) is 0 Å². The molecule has 1 aromatic heterocycles. The summed E-state index contributed by atoms with van der Waals surface area (Å²) in [6.45, 7) is 1.67. The van der Waals surface area contributed by atoms with Gasteiger partial charge in [0.05, 0.1) is 30.5 Å². The Hall–Kier alpha value is -2.53. The lowest BCUT2D eigenvalue weighted by atomic mass is 10.1. The standard InChI is InChI=1S/C23H21Cl2N3O/c24-20-8-2-1-7-18(20)15-29-16-19-14-28(23-10-4-3-9-21(23)25)27-22(19)12-17-6-5-11-26-13-17/h1-11,13,27H,12,14-16H2. The molecule has 1 aliphatic rings. The van der Waals surface area contributed by atoms with Gasteiger partial charge in [-0.05, 0) is 41.0 Å². The Morgan fingerprint density at radius 3 is 2.48 bits per heavy atom. The zero-order valence-corrected chi connectivity index (χ0v) is 17.3. The highest BCUT2D eigenvalue weighted by molar-refractivity contribution is 6.33. The van der Waals surface area contributed by atoms with E-state index in [-0.39, 0.29) is 0 Å². The first-order valence-corrected chi connectivity index (χ1v) is 10.2. The normalized spacial score (nSPS) is 13.7. The summed E-state index contributed by atoms with van der Waals surface area (Å²) in [6, 6.07) is 19.6. The van der Waals surface area contributed by atoms with Crippen LogP contribution in [0.4, 0.5) is 5.69 Å². The van der Waals surface area contributed by atoms with Crippen molar-refractivity contribution in [2.75, 3.05) is 18.2 Å². The second-order valence-corrected chi connectivity index (χ2v) is 7.67. The van der Waals surface area contributed by atoms with Gasteiger partial charge in [0.2, 0.25) is 0 Å². The lowest BCUT2D eigenvalue weighted by Crippen LogP contribution is -2.32. The second-order valence-electron chi connectivity index (χ2n) is 6.85. The van der Waals surface area contributed by atoms with Gasteiger partial charge in [0, 0.05) is 29.5 Å². The van der Waals surface area contributed by atoms with E-state index in [4.69, 9.17) is 27.9 Å². The van der Waals surface area contributed by atoms with E-state index in [0.29, 0.717) is 24.8 Å². The Balaban J connectivity index is 1.50. The Kier molecular flexibility index (Phi) is 6.35. The van der Waals surface area contributed by atoms with Crippen LogP contribution in [0, 0.1) is 0 Å². The number of nitrogens with one attached hydrogen (secondary N) is 1. The van der Waals surface area contributed by atoms with Crippen LogP contribution >= 0.6 is 23.2 Å². The SMILES string of the molecule is Clc1ccccc1COCC1=C(Cc2cccnc2)NN(c2ccccc2Cl)C1. The summed E-state index contributed by atoms with van der Waals surface area (Å²) in [4.78, 5) is 4.22. The molecule has 0 radical (unpaired) electrons. The quantitative estimate of drug-likeness (QED) is 0.547. The van der Waals surface area contributed by atoms with E-state index in [9.17, 15) is 0 Å². The fraction of sp³-hybridized carbons (Fsp3) is 0.174. The highest BCUT2D eigenvalue weighted by Gasteiger charge is 2.23. The van der Waals surface area contributed by atoms with Crippen LogP contribution in [-0.2, 0) is 17.8 Å². The minimum absolute atomic E-state index is 0.468. The van der Waals surface area contributed by atoms with E-state index < -0.39 is 0 Å². The monoisotopic (exact) mass is 425 g/mol. The van der Waals surface area contributed by atoms with Gasteiger partial charge in [-0.2, -0.15) is 0 Å². The Labute approximate surface area is 180 Å². The number of hydrogen-bond acceptors (Lipinski definition) is 4. The molecule has 0 saturated carbocycles. The Morgan fingerprint density at radius 1 is 0.931 bits per heavy atom. The number of hydrogen-bond donors (Lipinski definition) is 1. The van der Waals surface area contributed by atoms with Crippen LogP contribution < -0.4 is 10.4 Å². The number of rotatable bonds is 7. The smallest absolute Gasteiger partial charge is 0.0761 e. The number of nitrogens with zero attached hydrogens (tertiary/aromatic N) is 2. The van der Waals surface area contributed by atoms with Crippen molar-refractivity contribution in [1.29, 1.82) is 0 Å². The highest BCUT2D eigenvalue weighted by atomic mass is 35.5. The van der Waals surface area contributed by atoms with E-state index in [1.54, 1.807) is 6.20 Å². The van der Waals surface area contributed by atoms with Crippen LogP contribution in [-0.4, -0.2) is 18.1 Å². The van der Waals surface area contributed by atoms with E-state index in [1.807, 2.05) is 60.8 Å². The number of anilines is 1. The molecule has 3 aromatic rings. The largest absolute Gasteiger partial charge is 0.372 e. The maximum atomic E-state index is 6.41. The Bertz CT molecular complexity index is 1010. The fourth-order valence-corrected chi connectivity index (χ4v) is 3.72. The van der Waals surface area contributed by atoms with Crippen molar-refractivity contribution >= 4 is 28.9 Å². The number of aromatic nitrogens is 1. The van der Waals surface area contributed by atoms with Crippen LogP contribution in [0.3, 0.4) is 0 Å². The van der Waals surface area contributed by atoms with Crippen LogP contribution in [0.25, 0.3) is 0 Å². The van der Waals surface area contributed by atoms with Gasteiger partial charge in [0.15, 0.2) is 0 Å². The van der Waals surface area contributed by atoms with Crippen molar-refractivity contribution in [3.63, 3.8) is 0 Å². The topological polar surface area (TPSA) is 37.4 Å². The highest BCUT2D eigenvalue weighted by Crippen LogP contribution is 2.29. The van der Waals surface area contributed by atoms with Gasteiger partial charge in [-0.1, -0.05) is 59.6 Å². The summed E-state index contributed by atoms with van der Waals surface area (Å²) >= 11 is 12.6. The van der Waals surface area contributed by atoms with Crippen molar-refractivity contribution in [3.05, 3.63) is 105 Å². The molecule has 0 atom stereocenters. The van der Waals surface area contributed by atoms with Crippen molar-refractivity contribution < 1.29 is 4.74 Å². The molecule has 29 heavy (non-hydrogen) atoms. The first kappa shape index (κ1) is 19.8. The molecule has 0 saturated heterocycles. The molecule has 148 valence electrons. The minimum Gasteiger partial charge on any atom is -0.372 e. The summed E-state index contributed by atoms with van der Waals surface area (Å²) in [5.74, 6) is 0. The van der Waals surface area contributed by atoms with Crippen LogP contribution in [0.15, 0.2) is 84.3 Å². The van der Waals surface area contributed by atoms with Gasteiger partial charge in [0.25, 0.3) is 0 Å². The summed E-state index contributed by atoms with van der Waals surface area (Å²) in [5, 5.41) is 3.49. The number of benzene rings is 2. The third-order valence-electron chi connectivity index (χ3n) is 4.78. The molecule has 0 aliphatic carbocycles. The maximum absolute atomic E-state index is 6.41. The number of para-hydroxylation sites is 1. The second kappa shape index (κ2) is 9.31. The average molecular weight is 426 g/mol. The van der Waals surface area contributed by atoms with E-state index in [0.717, 1.165) is 34.0 Å². The van der Waals surface area contributed by atoms with Gasteiger partial charge in [0.1, 0.15) is 0 Å². The van der Waals surface area contributed by atoms with E-state index in [1.165, 1.54) is 5.57 Å². The molecule has 2 heterocycles. The molecule has 0 amide bonds. The number of hydrazine groups is 1. The van der Waals surface area contributed by atoms with Gasteiger partial charge >= 0.3 is 0 Å². The van der Waals surface area contributed by atoms with Crippen LogP contribution in [0.5, 0.6) is 0 Å². The Morgan fingerprint density at radius 2 is 1.72 bits per heavy atom. The minimum atomic E-state index is 0.468. The van der Waals surface area contributed by atoms with E-state index >= 15 is 0 Å². The molecular weight excluding hydrogens is 405 g/mol. The summed E-state index contributed by atoms with van der Waals surface area (Å²) in [5.41, 5.74) is 8.86. The number of halogens is 2. The van der Waals surface area contributed by atoms with Gasteiger partial charge in [-0.3, -0.25) is 9.99 Å². The summed E-state index contributed by atoms with van der Waals surface area (Å²) < 4.78 is 6.01. The van der Waals surface area contributed by atoms with E-state index in [2.05, 4.69) is 21.5 Å². The molecule has 0 spiro atoms. The molecule has 1 N–H and O–H groups in total. The summed E-state index contributed by atoms with van der Waals surface area (Å²) in [6.07, 6.45) is 4.41. The number of allylic oxidation sites excluding steroid dienone is 1. The number of ether oxygens (including phenoxy) is 1. The third kappa shape index (κ3) is 4.91.